The van der Waals surface area contributed by atoms with Crippen molar-refractivity contribution < 1.29 is 23.7 Å². The lowest BCUT2D eigenvalue weighted by atomic mass is 10.2. The predicted octanol–water partition coefficient (Wildman–Crippen LogP) is 2.90. The molecule has 1 heterocycles. The van der Waals surface area contributed by atoms with Crippen LogP contribution in [0.15, 0.2) is 42.5 Å². The summed E-state index contributed by atoms with van der Waals surface area (Å²) in [5, 5.41) is 2.90. The molecule has 2 aromatic rings. The zero-order valence-electron chi connectivity index (χ0n) is 14.3. The van der Waals surface area contributed by atoms with Crippen molar-refractivity contribution in [3.8, 4) is 23.0 Å². The SMILES string of the molecule is CC[C@@H](Oc1ccc(OC)cc1)C(=O)NCc1ccc2c(c1)OCO2. The first-order chi connectivity index (χ1) is 12.2. The lowest BCUT2D eigenvalue weighted by Gasteiger charge is -2.17. The Balaban J connectivity index is 1.56. The highest BCUT2D eigenvalue weighted by atomic mass is 16.7. The van der Waals surface area contributed by atoms with Gasteiger partial charge in [-0.2, -0.15) is 0 Å². The third-order valence-electron chi connectivity index (χ3n) is 3.90. The highest BCUT2D eigenvalue weighted by molar-refractivity contribution is 5.81. The minimum absolute atomic E-state index is 0.156. The Morgan fingerprint density at radius 2 is 1.84 bits per heavy atom. The molecule has 0 unspecified atom stereocenters. The van der Waals surface area contributed by atoms with Gasteiger partial charge in [-0.1, -0.05) is 13.0 Å². The number of methoxy groups -OCH3 is 1. The number of nitrogens with one attached hydrogen (secondary N) is 1. The summed E-state index contributed by atoms with van der Waals surface area (Å²) >= 11 is 0. The summed E-state index contributed by atoms with van der Waals surface area (Å²) in [7, 11) is 1.61. The van der Waals surface area contributed by atoms with E-state index < -0.39 is 6.10 Å². The lowest BCUT2D eigenvalue weighted by molar-refractivity contribution is -0.128. The van der Waals surface area contributed by atoms with Gasteiger partial charge in [-0.25, -0.2) is 0 Å². The second-order valence-corrected chi connectivity index (χ2v) is 5.60. The van der Waals surface area contributed by atoms with Crippen molar-refractivity contribution >= 4 is 5.91 Å². The zero-order chi connectivity index (χ0) is 17.6. The van der Waals surface area contributed by atoms with Crippen LogP contribution in [0.2, 0.25) is 0 Å². The van der Waals surface area contributed by atoms with Crippen molar-refractivity contribution in [3.05, 3.63) is 48.0 Å². The third kappa shape index (κ3) is 4.15. The highest BCUT2D eigenvalue weighted by Crippen LogP contribution is 2.32. The van der Waals surface area contributed by atoms with Gasteiger partial charge in [0.05, 0.1) is 7.11 Å². The molecular formula is C19H21NO5. The van der Waals surface area contributed by atoms with E-state index in [1.54, 1.807) is 31.4 Å². The number of fused-ring (bicyclic) bond motifs is 1. The first kappa shape index (κ1) is 17.0. The first-order valence-corrected chi connectivity index (χ1v) is 8.16. The minimum Gasteiger partial charge on any atom is -0.497 e. The molecule has 1 amide bonds. The van der Waals surface area contributed by atoms with Crippen LogP contribution in [0.5, 0.6) is 23.0 Å². The summed E-state index contributed by atoms with van der Waals surface area (Å²) in [6.45, 7) is 2.55. The Labute approximate surface area is 146 Å². The monoisotopic (exact) mass is 343 g/mol. The van der Waals surface area contributed by atoms with Gasteiger partial charge in [-0.3, -0.25) is 4.79 Å². The highest BCUT2D eigenvalue weighted by Gasteiger charge is 2.19. The van der Waals surface area contributed by atoms with Crippen LogP contribution >= 0.6 is 0 Å². The van der Waals surface area contributed by atoms with Crippen LogP contribution in [0.3, 0.4) is 0 Å². The van der Waals surface area contributed by atoms with E-state index in [-0.39, 0.29) is 12.7 Å². The molecule has 3 rings (SSSR count). The van der Waals surface area contributed by atoms with Crippen LogP contribution in [0, 0.1) is 0 Å². The van der Waals surface area contributed by atoms with E-state index in [1.807, 2.05) is 25.1 Å². The summed E-state index contributed by atoms with van der Waals surface area (Å²) in [5.74, 6) is 2.65. The molecule has 25 heavy (non-hydrogen) atoms. The molecule has 0 spiro atoms. The summed E-state index contributed by atoms with van der Waals surface area (Å²) in [5.41, 5.74) is 0.942. The smallest absolute Gasteiger partial charge is 0.261 e. The number of benzene rings is 2. The van der Waals surface area contributed by atoms with E-state index in [4.69, 9.17) is 18.9 Å². The summed E-state index contributed by atoms with van der Waals surface area (Å²) < 4.78 is 21.5. The van der Waals surface area contributed by atoms with Crippen LogP contribution < -0.4 is 24.3 Å². The number of hydrogen-bond acceptors (Lipinski definition) is 5. The van der Waals surface area contributed by atoms with Crippen molar-refractivity contribution in [3.63, 3.8) is 0 Å². The Bertz CT molecular complexity index is 729. The molecule has 1 aliphatic heterocycles. The Hall–Kier alpha value is -2.89. The summed E-state index contributed by atoms with van der Waals surface area (Å²) in [4.78, 5) is 12.4. The number of ether oxygens (including phenoxy) is 4. The Morgan fingerprint density at radius 3 is 2.56 bits per heavy atom. The largest absolute Gasteiger partial charge is 0.497 e. The van der Waals surface area contributed by atoms with Crippen LogP contribution in [-0.2, 0) is 11.3 Å². The standard InChI is InChI=1S/C19H21NO5/c1-3-16(25-15-7-5-14(22-2)6-8-15)19(21)20-11-13-4-9-17-18(10-13)24-12-23-17/h4-10,16H,3,11-12H2,1-2H3,(H,20,21)/t16-/m1/s1. The molecule has 0 saturated carbocycles. The van der Waals surface area contributed by atoms with Gasteiger partial charge in [0.1, 0.15) is 11.5 Å². The Kier molecular flexibility index (Phi) is 5.28. The van der Waals surface area contributed by atoms with E-state index in [0.29, 0.717) is 24.5 Å². The molecule has 6 nitrogen and oxygen atoms in total. The topological polar surface area (TPSA) is 66.0 Å². The second-order valence-electron chi connectivity index (χ2n) is 5.60. The van der Waals surface area contributed by atoms with Gasteiger partial charge in [0.2, 0.25) is 6.79 Å². The molecule has 1 N–H and O–H groups in total. The van der Waals surface area contributed by atoms with E-state index in [1.165, 1.54) is 0 Å². The van der Waals surface area contributed by atoms with E-state index in [2.05, 4.69) is 5.32 Å². The van der Waals surface area contributed by atoms with Crippen molar-refractivity contribution in [2.45, 2.75) is 26.0 Å². The third-order valence-corrected chi connectivity index (χ3v) is 3.90. The molecule has 0 aromatic heterocycles. The van der Waals surface area contributed by atoms with Crippen molar-refractivity contribution in [1.82, 2.24) is 5.32 Å². The molecule has 6 heteroatoms. The maximum atomic E-state index is 12.4. The van der Waals surface area contributed by atoms with Crippen molar-refractivity contribution in [2.24, 2.45) is 0 Å². The number of hydrogen-bond donors (Lipinski definition) is 1. The van der Waals surface area contributed by atoms with Gasteiger partial charge in [-0.05, 0) is 48.4 Å². The number of rotatable bonds is 7. The number of carbonyl (C=O) groups is 1. The van der Waals surface area contributed by atoms with Crippen molar-refractivity contribution in [1.29, 1.82) is 0 Å². The normalized spacial score (nSPS) is 13.2. The fourth-order valence-electron chi connectivity index (χ4n) is 2.49. The van der Waals surface area contributed by atoms with Gasteiger partial charge < -0.3 is 24.3 Å². The lowest BCUT2D eigenvalue weighted by Crippen LogP contribution is -2.37. The summed E-state index contributed by atoms with van der Waals surface area (Å²) in [6.07, 6.45) is 0.0151. The predicted molar refractivity (Wildman–Crippen MR) is 92.1 cm³/mol. The number of amides is 1. The average molecular weight is 343 g/mol. The van der Waals surface area contributed by atoms with Crippen LogP contribution in [-0.4, -0.2) is 25.9 Å². The molecule has 0 aliphatic carbocycles. The van der Waals surface area contributed by atoms with Gasteiger partial charge >= 0.3 is 0 Å². The molecule has 132 valence electrons. The van der Waals surface area contributed by atoms with Crippen LogP contribution in [0.25, 0.3) is 0 Å². The minimum atomic E-state index is -0.553. The maximum absolute atomic E-state index is 12.4. The van der Waals surface area contributed by atoms with Gasteiger partial charge in [0, 0.05) is 6.54 Å². The van der Waals surface area contributed by atoms with Crippen molar-refractivity contribution in [2.75, 3.05) is 13.9 Å². The Morgan fingerprint density at radius 1 is 1.12 bits per heavy atom. The summed E-state index contributed by atoms with van der Waals surface area (Å²) in [6, 6.07) is 12.8. The molecular weight excluding hydrogens is 322 g/mol. The number of carbonyl (C=O) groups excluding carboxylic acids is 1. The zero-order valence-corrected chi connectivity index (χ0v) is 14.3. The molecule has 0 saturated heterocycles. The van der Waals surface area contributed by atoms with Gasteiger partial charge in [-0.15, -0.1) is 0 Å². The molecule has 0 radical (unpaired) electrons. The van der Waals surface area contributed by atoms with E-state index in [9.17, 15) is 4.79 Å². The molecule has 0 fully saturated rings. The molecule has 1 aliphatic rings. The maximum Gasteiger partial charge on any atom is 0.261 e. The van der Waals surface area contributed by atoms with E-state index in [0.717, 1.165) is 17.1 Å². The van der Waals surface area contributed by atoms with Gasteiger partial charge in [0.25, 0.3) is 5.91 Å². The quantitative estimate of drug-likeness (QED) is 0.837. The molecule has 1 atom stereocenters. The average Bonchev–Trinajstić information content (AvgIpc) is 3.12. The van der Waals surface area contributed by atoms with E-state index >= 15 is 0 Å². The fourth-order valence-corrected chi connectivity index (χ4v) is 2.49. The molecule has 2 aromatic carbocycles. The van der Waals surface area contributed by atoms with Crippen LogP contribution in [0.4, 0.5) is 0 Å². The molecule has 0 bridgehead atoms. The van der Waals surface area contributed by atoms with Gasteiger partial charge in [0.15, 0.2) is 17.6 Å². The fraction of sp³-hybridized carbons (Fsp3) is 0.316. The first-order valence-electron chi connectivity index (χ1n) is 8.16. The second kappa shape index (κ2) is 7.79. The van der Waals surface area contributed by atoms with Crippen LogP contribution in [0.1, 0.15) is 18.9 Å².